The first kappa shape index (κ1) is 14.4. The Balaban J connectivity index is 1.63. The number of hydrogen-bond acceptors (Lipinski definition) is 3. The van der Waals surface area contributed by atoms with Crippen molar-refractivity contribution in [3.8, 4) is 0 Å². The normalized spacial score (nSPS) is 14.3. The van der Waals surface area contributed by atoms with Gasteiger partial charge in [-0.05, 0) is 37.1 Å². The maximum Gasteiger partial charge on any atom is 0.227 e. The highest BCUT2D eigenvalue weighted by atomic mass is 19.2. The Morgan fingerprint density at radius 1 is 1.09 bits per heavy atom. The number of carbonyl (C=O) groups excluding carboxylic acids is 1. The lowest BCUT2D eigenvalue weighted by atomic mass is 9.85. The number of hydrogen-bond donors (Lipinski definition) is 2. The van der Waals surface area contributed by atoms with Crippen LogP contribution in [-0.2, 0) is 4.79 Å². The largest absolute Gasteiger partial charge is 0.340 e. The van der Waals surface area contributed by atoms with Crippen LogP contribution in [0.15, 0.2) is 36.5 Å². The van der Waals surface area contributed by atoms with Gasteiger partial charge < -0.3 is 10.6 Å². The van der Waals surface area contributed by atoms with Gasteiger partial charge in [0.2, 0.25) is 5.91 Å². The van der Waals surface area contributed by atoms with Crippen LogP contribution >= 0.6 is 0 Å². The van der Waals surface area contributed by atoms with Gasteiger partial charge in [-0.25, -0.2) is 13.8 Å². The van der Waals surface area contributed by atoms with Crippen molar-refractivity contribution in [1.82, 2.24) is 4.98 Å². The number of aromatic nitrogens is 1. The second kappa shape index (κ2) is 6.09. The Morgan fingerprint density at radius 2 is 1.86 bits per heavy atom. The molecule has 4 nitrogen and oxygen atoms in total. The van der Waals surface area contributed by atoms with Crippen molar-refractivity contribution < 1.29 is 13.6 Å². The standard InChI is InChI=1S/C16H15F2N3O/c17-13-6-4-11(8-14(13)18)20-15-7-5-12(9-19-15)21-16(22)10-2-1-3-10/h4-10H,1-3H2,(H,19,20)(H,21,22). The lowest BCUT2D eigenvalue weighted by molar-refractivity contribution is -0.122. The molecule has 0 bridgehead atoms. The van der Waals surface area contributed by atoms with Crippen LogP contribution in [0.5, 0.6) is 0 Å². The maximum absolute atomic E-state index is 13.1. The molecular formula is C16H15F2N3O. The minimum absolute atomic E-state index is 0.0226. The average molecular weight is 303 g/mol. The summed E-state index contributed by atoms with van der Waals surface area (Å²) in [7, 11) is 0. The molecule has 0 unspecified atom stereocenters. The summed E-state index contributed by atoms with van der Waals surface area (Å²) < 4.78 is 26.0. The van der Waals surface area contributed by atoms with Crippen molar-refractivity contribution in [2.75, 3.05) is 10.6 Å². The SMILES string of the molecule is O=C(Nc1ccc(Nc2ccc(F)c(F)c2)nc1)C1CCC1. The van der Waals surface area contributed by atoms with E-state index in [1.807, 2.05) is 0 Å². The molecular weight excluding hydrogens is 288 g/mol. The lowest BCUT2D eigenvalue weighted by Crippen LogP contribution is -2.28. The summed E-state index contributed by atoms with van der Waals surface area (Å²) in [4.78, 5) is 15.9. The van der Waals surface area contributed by atoms with Gasteiger partial charge >= 0.3 is 0 Å². The molecule has 1 saturated carbocycles. The van der Waals surface area contributed by atoms with Crippen molar-refractivity contribution >= 4 is 23.1 Å². The third-order valence-electron chi connectivity index (χ3n) is 3.70. The van der Waals surface area contributed by atoms with Crippen LogP contribution in [-0.4, -0.2) is 10.9 Å². The van der Waals surface area contributed by atoms with E-state index >= 15 is 0 Å². The van der Waals surface area contributed by atoms with Gasteiger partial charge in [-0.15, -0.1) is 0 Å². The van der Waals surface area contributed by atoms with E-state index in [-0.39, 0.29) is 11.8 Å². The minimum atomic E-state index is -0.922. The summed E-state index contributed by atoms with van der Waals surface area (Å²) in [6.07, 6.45) is 4.51. The van der Waals surface area contributed by atoms with Crippen LogP contribution in [0.2, 0.25) is 0 Å². The van der Waals surface area contributed by atoms with Crippen LogP contribution in [0.25, 0.3) is 0 Å². The molecule has 2 aromatic rings. The fraction of sp³-hybridized carbons (Fsp3) is 0.250. The number of benzene rings is 1. The number of anilines is 3. The number of amides is 1. The van der Waals surface area contributed by atoms with Crippen LogP contribution in [0.3, 0.4) is 0 Å². The summed E-state index contributed by atoms with van der Waals surface area (Å²) in [5, 5.41) is 5.68. The van der Waals surface area contributed by atoms with Gasteiger partial charge in [0, 0.05) is 17.7 Å². The molecule has 2 N–H and O–H groups in total. The van der Waals surface area contributed by atoms with Crippen molar-refractivity contribution in [3.63, 3.8) is 0 Å². The van der Waals surface area contributed by atoms with Gasteiger partial charge in [0.1, 0.15) is 5.82 Å². The van der Waals surface area contributed by atoms with E-state index in [1.54, 1.807) is 12.1 Å². The molecule has 0 radical (unpaired) electrons. The van der Waals surface area contributed by atoms with E-state index in [0.29, 0.717) is 17.2 Å². The third-order valence-corrected chi connectivity index (χ3v) is 3.70. The first-order valence-electron chi connectivity index (χ1n) is 7.11. The minimum Gasteiger partial charge on any atom is -0.340 e. The Labute approximate surface area is 126 Å². The second-order valence-corrected chi connectivity index (χ2v) is 5.30. The summed E-state index contributed by atoms with van der Waals surface area (Å²) in [5.74, 6) is -1.20. The highest BCUT2D eigenvalue weighted by Gasteiger charge is 2.25. The molecule has 1 aromatic carbocycles. The number of rotatable bonds is 4. The Kier molecular flexibility index (Phi) is 4.00. The molecule has 1 amide bonds. The van der Waals surface area contributed by atoms with Crippen molar-refractivity contribution in [2.24, 2.45) is 5.92 Å². The predicted molar refractivity (Wildman–Crippen MR) is 79.8 cm³/mol. The van der Waals surface area contributed by atoms with Crippen LogP contribution in [0.4, 0.5) is 26.0 Å². The van der Waals surface area contributed by atoms with Crippen molar-refractivity contribution in [3.05, 3.63) is 48.2 Å². The topological polar surface area (TPSA) is 54.0 Å². The van der Waals surface area contributed by atoms with E-state index in [2.05, 4.69) is 15.6 Å². The lowest BCUT2D eigenvalue weighted by Gasteiger charge is -2.23. The molecule has 1 heterocycles. The Hall–Kier alpha value is -2.50. The summed E-state index contributed by atoms with van der Waals surface area (Å²) >= 11 is 0. The quantitative estimate of drug-likeness (QED) is 0.902. The second-order valence-electron chi connectivity index (χ2n) is 5.30. The van der Waals surface area contributed by atoms with Gasteiger partial charge in [-0.2, -0.15) is 0 Å². The van der Waals surface area contributed by atoms with Gasteiger partial charge in [0.05, 0.1) is 11.9 Å². The molecule has 114 valence electrons. The van der Waals surface area contributed by atoms with Gasteiger partial charge in [0.25, 0.3) is 0 Å². The molecule has 1 aliphatic rings. The van der Waals surface area contributed by atoms with E-state index in [4.69, 9.17) is 0 Å². The number of halogens is 2. The third kappa shape index (κ3) is 3.21. The van der Waals surface area contributed by atoms with Crippen molar-refractivity contribution in [1.29, 1.82) is 0 Å². The molecule has 3 rings (SSSR count). The number of nitrogens with zero attached hydrogens (tertiary/aromatic N) is 1. The fourth-order valence-electron chi connectivity index (χ4n) is 2.18. The number of carbonyl (C=O) groups is 1. The van der Waals surface area contributed by atoms with Crippen molar-refractivity contribution in [2.45, 2.75) is 19.3 Å². The van der Waals surface area contributed by atoms with E-state index in [0.717, 1.165) is 31.4 Å². The molecule has 1 fully saturated rings. The van der Waals surface area contributed by atoms with Gasteiger partial charge in [0.15, 0.2) is 11.6 Å². The smallest absolute Gasteiger partial charge is 0.227 e. The summed E-state index contributed by atoms with van der Waals surface area (Å²) in [6.45, 7) is 0. The summed E-state index contributed by atoms with van der Waals surface area (Å²) in [6, 6.07) is 6.91. The van der Waals surface area contributed by atoms with Crippen LogP contribution < -0.4 is 10.6 Å². The molecule has 6 heteroatoms. The molecule has 0 saturated heterocycles. The average Bonchev–Trinajstić information content (AvgIpc) is 2.43. The highest BCUT2D eigenvalue weighted by Crippen LogP contribution is 2.27. The van der Waals surface area contributed by atoms with Gasteiger partial charge in [-0.3, -0.25) is 4.79 Å². The Bertz CT molecular complexity index is 684. The number of nitrogens with one attached hydrogen (secondary N) is 2. The molecule has 1 aromatic heterocycles. The zero-order valence-corrected chi connectivity index (χ0v) is 11.8. The number of pyridine rings is 1. The fourth-order valence-corrected chi connectivity index (χ4v) is 2.18. The van der Waals surface area contributed by atoms with E-state index < -0.39 is 11.6 Å². The molecule has 22 heavy (non-hydrogen) atoms. The first-order valence-corrected chi connectivity index (χ1v) is 7.11. The zero-order valence-electron chi connectivity index (χ0n) is 11.8. The Morgan fingerprint density at radius 3 is 2.45 bits per heavy atom. The molecule has 0 spiro atoms. The van der Waals surface area contributed by atoms with E-state index in [1.165, 1.54) is 12.3 Å². The maximum atomic E-state index is 13.1. The van der Waals surface area contributed by atoms with E-state index in [9.17, 15) is 13.6 Å². The first-order chi connectivity index (χ1) is 10.6. The van der Waals surface area contributed by atoms with Crippen LogP contribution in [0.1, 0.15) is 19.3 Å². The monoisotopic (exact) mass is 303 g/mol. The predicted octanol–water partition coefficient (Wildman–Crippen LogP) is 3.84. The molecule has 0 aliphatic heterocycles. The van der Waals surface area contributed by atoms with Crippen LogP contribution in [0, 0.1) is 17.6 Å². The summed E-state index contributed by atoms with van der Waals surface area (Å²) in [5.41, 5.74) is 1.02. The van der Waals surface area contributed by atoms with Gasteiger partial charge in [-0.1, -0.05) is 6.42 Å². The highest BCUT2D eigenvalue weighted by molar-refractivity contribution is 5.92. The zero-order chi connectivity index (χ0) is 15.5. The molecule has 0 atom stereocenters. The molecule has 1 aliphatic carbocycles.